The predicted octanol–water partition coefficient (Wildman–Crippen LogP) is 6.34. The summed E-state index contributed by atoms with van der Waals surface area (Å²) < 4.78 is 21.0. The van der Waals surface area contributed by atoms with Crippen molar-refractivity contribution in [3.05, 3.63) is 120 Å². The highest BCUT2D eigenvalue weighted by atomic mass is 19.1. The highest BCUT2D eigenvalue weighted by molar-refractivity contribution is 5.88. The molecule has 0 aliphatic rings. The Morgan fingerprint density at radius 2 is 1.88 bits per heavy atom. The monoisotopic (exact) mass is 531 g/mol. The van der Waals surface area contributed by atoms with Gasteiger partial charge in [0, 0.05) is 58.0 Å². The number of aromatic amines is 1. The lowest BCUT2D eigenvalue weighted by atomic mass is 9.97. The van der Waals surface area contributed by atoms with Gasteiger partial charge in [-0.25, -0.2) is 4.39 Å². The normalized spacial score (nSPS) is 12.1. The second-order valence-corrected chi connectivity index (χ2v) is 9.92. The molecule has 0 radical (unpaired) electrons. The summed E-state index contributed by atoms with van der Waals surface area (Å²) in [5, 5.41) is 1.99. The smallest absolute Gasteiger partial charge is 0.410 e. The maximum absolute atomic E-state index is 13.9. The molecule has 40 heavy (non-hydrogen) atoms. The third kappa shape index (κ3) is 4.95. The van der Waals surface area contributed by atoms with Crippen LogP contribution < -0.4 is 10.3 Å². The molecular formula is C33H28FN4O2+. The Kier molecular flexibility index (Phi) is 6.80. The molecule has 0 bridgehead atoms. The fourth-order valence-electron chi connectivity index (χ4n) is 5.10. The highest BCUT2D eigenvalue weighted by Gasteiger charge is 2.22. The number of fused-ring (bicyclic) bond motifs is 2. The lowest BCUT2D eigenvalue weighted by molar-refractivity contribution is -0.558. The van der Waals surface area contributed by atoms with Gasteiger partial charge in [-0.1, -0.05) is 28.8 Å². The van der Waals surface area contributed by atoms with Gasteiger partial charge in [-0.2, -0.15) is 4.79 Å². The minimum Gasteiger partial charge on any atom is -0.410 e. The number of aromatic nitrogens is 3. The Hall–Kier alpha value is -4.88. The number of nitrogens with zero attached hydrogens (tertiary/aromatic N) is 2. The molecule has 6 rings (SSSR count). The summed E-state index contributed by atoms with van der Waals surface area (Å²) in [6, 6.07) is 26.2. The molecule has 0 aliphatic heterocycles. The van der Waals surface area contributed by atoms with Crippen LogP contribution in [0.1, 0.15) is 11.1 Å². The predicted molar refractivity (Wildman–Crippen MR) is 154 cm³/mol. The summed E-state index contributed by atoms with van der Waals surface area (Å²) in [5.74, 6) is -0.248. The lowest BCUT2D eigenvalue weighted by Crippen LogP contribution is -2.45. The number of aryl methyl sites for hydroxylation is 1. The third-order valence-corrected chi connectivity index (χ3v) is 7.12. The zero-order valence-corrected chi connectivity index (χ0v) is 22.0. The number of hydrogen-bond acceptors (Lipinski definition) is 4. The average molecular weight is 532 g/mol. The molecule has 0 saturated carbocycles. The first-order chi connectivity index (χ1) is 19.5. The maximum Gasteiger partial charge on any atom is 0.602 e. The molecule has 3 aromatic carbocycles. The van der Waals surface area contributed by atoms with Crippen LogP contribution >= 0.6 is 0 Å². The molecule has 0 fully saturated rings. The first-order valence-corrected chi connectivity index (χ1v) is 13.1. The minimum absolute atomic E-state index is 0.0932. The lowest BCUT2D eigenvalue weighted by Gasteiger charge is -2.11. The van der Waals surface area contributed by atoms with Gasteiger partial charge in [0.25, 0.3) is 0 Å². The van der Waals surface area contributed by atoms with E-state index in [1.165, 1.54) is 10.6 Å². The van der Waals surface area contributed by atoms with Crippen LogP contribution in [0.15, 0.2) is 104 Å². The van der Waals surface area contributed by atoms with Crippen molar-refractivity contribution in [1.29, 1.82) is 0 Å². The molecular weight excluding hydrogens is 503 g/mol. The van der Waals surface area contributed by atoms with Gasteiger partial charge in [0.2, 0.25) is 5.52 Å². The van der Waals surface area contributed by atoms with Crippen LogP contribution in [-0.4, -0.2) is 28.7 Å². The molecule has 3 heterocycles. The van der Waals surface area contributed by atoms with Gasteiger partial charge in [-0.15, -0.1) is 0 Å². The first kappa shape index (κ1) is 25.4. The molecule has 0 aliphatic carbocycles. The summed E-state index contributed by atoms with van der Waals surface area (Å²) in [6.07, 6.45) is 5.46. The molecule has 3 N–H and O–H groups in total. The molecule has 0 spiro atoms. The Morgan fingerprint density at radius 1 is 1.02 bits per heavy atom. The SMILES string of the molecule is Cc1cc(-c2ncccc2-c2ccc3c(ccc[n+]3C(=O)OCC(N)Cc3c[nH]c4ccccc34)c2)ccc1F. The van der Waals surface area contributed by atoms with Crippen molar-refractivity contribution >= 4 is 27.9 Å². The largest absolute Gasteiger partial charge is 0.602 e. The number of nitrogens with one attached hydrogen (secondary N) is 1. The summed E-state index contributed by atoms with van der Waals surface area (Å²) in [4.78, 5) is 20.9. The Labute approximate surface area is 230 Å². The van der Waals surface area contributed by atoms with Crippen molar-refractivity contribution in [2.24, 2.45) is 5.73 Å². The quantitative estimate of drug-likeness (QED) is 0.246. The highest BCUT2D eigenvalue weighted by Crippen LogP contribution is 2.32. The van der Waals surface area contributed by atoms with Gasteiger partial charge in [-0.3, -0.25) is 4.98 Å². The van der Waals surface area contributed by atoms with Crippen LogP contribution in [-0.2, 0) is 11.2 Å². The number of halogens is 1. The van der Waals surface area contributed by atoms with E-state index in [9.17, 15) is 9.18 Å². The number of H-pyrrole nitrogens is 1. The molecule has 1 atom stereocenters. The van der Waals surface area contributed by atoms with E-state index >= 15 is 0 Å². The zero-order chi connectivity index (χ0) is 27.6. The Bertz CT molecular complexity index is 1860. The topological polar surface area (TPSA) is 84.9 Å². The van der Waals surface area contributed by atoms with Gasteiger partial charge in [-0.05, 0) is 78.6 Å². The van der Waals surface area contributed by atoms with Crippen molar-refractivity contribution in [2.45, 2.75) is 19.4 Å². The van der Waals surface area contributed by atoms with Crippen molar-refractivity contribution in [3.8, 4) is 22.4 Å². The number of para-hydroxylation sites is 1. The van der Waals surface area contributed by atoms with Crippen LogP contribution in [0.4, 0.5) is 9.18 Å². The van der Waals surface area contributed by atoms with Crippen molar-refractivity contribution < 1.29 is 18.5 Å². The van der Waals surface area contributed by atoms with E-state index < -0.39 is 6.09 Å². The van der Waals surface area contributed by atoms with E-state index in [0.717, 1.165) is 44.2 Å². The van der Waals surface area contributed by atoms with Gasteiger partial charge >= 0.3 is 6.09 Å². The second kappa shape index (κ2) is 10.7. The fourth-order valence-corrected chi connectivity index (χ4v) is 5.10. The molecule has 0 saturated heterocycles. The summed E-state index contributed by atoms with van der Waals surface area (Å²) in [7, 11) is 0. The average Bonchev–Trinajstić information content (AvgIpc) is 3.39. The number of pyridine rings is 2. The molecule has 6 nitrogen and oxygen atoms in total. The van der Waals surface area contributed by atoms with Crippen molar-refractivity contribution in [1.82, 2.24) is 9.97 Å². The molecule has 3 aromatic heterocycles. The molecule has 1 unspecified atom stereocenters. The van der Waals surface area contributed by atoms with E-state index in [-0.39, 0.29) is 18.5 Å². The van der Waals surface area contributed by atoms with Crippen molar-refractivity contribution in [2.75, 3.05) is 6.61 Å². The number of carbonyl (C=O) groups excluding carboxylic acids is 1. The van der Waals surface area contributed by atoms with Gasteiger partial charge in [0.1, 0.15) is 12.4 Å². The van der Waals surface area contributed by atoms with Gasteiger partial charge in [0.15, 0.2) is 6.20 Å². The van der Waals surface area contributed by atoms with Crippen LogP contribution in [0.3, 0.4) is 0 Å². The number of benzene rings is 3. The van der Waals surface area contributed by atoms with E-state index in [0.29, 0.717) is 17.5 Å². The minimum atomic E-state index is -0.489. The maximum atomic E-state index is 13.9. The first-order valence-electron chi connectivity index (χ1n) is 13.1. The van der Waals surface area contributed by atoms with E-state index in [2.05, 4.69) is 16.0 Å². The molecule has 6 aromatic rings. The standard InChI is InChI=1S/C33H28FN4O2/c1-21-16-24(10-12-29(21)34)32-28(8-4-14-36-32)22-11-13-31-23(17-22)6-5-15-38(31)33(39)40-20-26(35)18-25-19-37-30-9-3-2-7-27(25)30/h2-17,19,26,37H,18,20,35H2,1H3/q+1. The fraction of sp³-hybridized carbons (Fsp3) is 0.121. The number of nitrogens with two attached hydrogens (primary N) is 1. The second-order valence-electron chi connectivity index (χ2n) is 9.92. The van der Waals surface area contributed by atoms with E-state index in [4.69, 9.17) is 10.5 Å². The molecule has 7 heteroatoms. The number of ether oxygens (including phenoxy) is 1. The molecule has 198 valence electrons. The van der Waals surface area contributed by atoms with Gasteiger partial charge in [0.05, 0.1) is 5.69 Å². The zero-order valence-electron chi connectivity index (χ0n) is 22.0. The summed E-state index contributed by atoms with van der Waals surface area (Å²) in [5.41, 5.74) is 13.2. The van der Waals surface area contributed by atoms with E-state index in [1.807, 2.05) is 66.9 Å². The summed E-state index contributed by atoms with van der Waals surface area (Å²) >= 11 is 0. The Balaban J connectivity index is 1.22. The van der Waals surface area contributed by atoms with Gasteiger partial charge < -0.3 is 15.5 Å². The van der Waals surface area contributed by atoms with E-state index in [1.54, 1.807) is 31.5 Å². The van der Waals surface area contributed by atoms with Crippen LogP contribution in [0.25, 0.3) is 44.2 Å². The van der Waals surface area contributed by atoms with Crippen LogP contribution in [0, 0.1) is 12.7 Å². The number of rotatable bonds is 6. The summed E-state index contributed by atoms with van der Waals surface area (Å²) in [6.45, 7) is 1.83. The Morgan fingerprint density at radius 3 is 2.75 bits per heavy atom. The van der Waals surface area contributed by atoms with Crippen LogP contribution in [0.2, 0.25) is 0 Å². The van der Waals surface area contributed by atoms with Crippen molar-refractivity contribution in [3.63, 3.8) is 0 Å². The number of hydrogen-bond donors (Lipinski definition) is 2. The number of carbonyl (C=O) groups is 1. The molecule has 0 amide bonds. The van der Waals surface area contributed by atoms with Crippen LogP contribution in [0.5, 0.6) is 0 Å². The third-order valence-electron chi connectivity index (χ3n) is 7.12.